The lowest BCUT2D eigenvalue weighted by Crippen LogP contribution is -2.56. The van der Waals surface area contributed by atoms with Crippen LogP contribution in [0.3, 0.4) is 0 Å². The van der Waals surface area contributed by atoms with Crippen LogP contribution < -0.4 is 20.7 Å². The maximum absolute atomic E-state index is 12.6. The second kappa shape index (κ2) is 9.46. The summed E-state index contributed by atoms with van der Waals surface area (Å²) < 4.78 is 3.34. The molecule has 0 spiro atoms. The SMILES string of the molecule is COc1ccccc1C(=O)N[C@H](NC(=S)Nc1cccc(C)c1)C(Cl)(Cl)Cl. The Labute approximate surface area is 178 Å². The van der Waals surface area contributed by atoms with Crippen LogP contribution in [-0.4, -0.2) is 28.1 Å². The first kappa shape index (κ1) is 21.6. The minimum absolute atomic E-state index is 0.192. The van der Waals surface area contributed by atoms with Gasteiger partial charge in [0.05, 0.1) is 12.7 Å². The van der Waals surface area contributed by atoms with E-state index in [-0.39, 0.29) is 5.11 Å². The van der Waals surface area contributed by atoms with Crippen LogP contribution in [0.4, 0.5) is 5.69 Å². The molecule has 0 unspecified atom stereocenters. The second-order valence-electron chi connectivity index (χ2n) is 5.62. The quantitative estimate of drug-likeness (QED) is 0.361. The molecule has 9 heteroatoms. The molecule has 0 bridgehead atoms. The monoisotopic (exact) mass is 445 g/mol. The fraction of sp³-hybridized carbons (Fsp3) is 0.222. The number of para-hydroxylation sites is 1. The van der Waals surface area contributed by atoms with Gasteiger partial charge in [-0.2, -0.15) is 0 Å². The molecule has 144 valence electrons. The van der Waals surface area contributed by atoms with Crippen LogP contribution in [0.2, 0.25) is 0 Å². The first-order chi connectivity index (χ1) is 12.7. The maximum atomic E-state index is 12.6. The van der Waals surface area contributed by atoms with E-state index < -0.39 is 15.9 Å². The van der Waals surface area contributed by atoms with E-state index >= 15 is 0 Å². The molecule has 0 fully saturated rings. The Bertz CT molecular complexity index is 827. The number of amides is 1. The third kappa shape index (κ3) is 6.43. The highest BCUT2D eigenvalue weighted by molar-refractivity contribution is 7.80. The number of carbonyl (C=O) groups is 1. The zero-order valence-corrected chi connectivity index (χ0v) is 17.6. The van der Waals surface area contributed by atoms with E-state index in [0.717, 1.165) is 11.3 Å². The van der Waals surface area contributed by atoms with Crippen molar-refractivity contribution < 1.29 is 9.53 Å². The standard InChI is InChI=1S/C18H18Cl3N3O2S/c1-11-6-5-7-12(10-11)22-17(27)24-16(18(19,20)21)23-15(25)13-8-3-4-9-14(13)26-2/h3-10,16H,1-2H3,(H,23,25)(H2,22,24,27)/t16-/m1/s1. The van der Waals surface area contributed by atoms with Gasteiger partial charge in [-0.25, -0.2) is 0 Å². The summed E-state index contributed by atoms with van der Waals surface area (Å²) in [6, 6.07) is 14.3. The number of methoxy groups -OCH3 is 1. The number of benzene rings is 2. The average Bonchev–Trinajstić information content (AvgIpc) is 2.60. The van der Waals surface area contributed by atoms with Crippen molar-refractivity contribution in [3.8, 4) is 5.75 Å². The summed E-state index contributed by atoms with van der Waals surface area (Å²) in [5, 5.41) is 8.62. The van der Waals surface area contributed by atoms with Crippen LogP contribution in [0.25, 0.3) is 0 Å². The van der Waals surface area contributed by atoms with Crippen LogP contribution >= 0.6 is 47.0 Å². The zero-order chi connectivity index (χ0) is 20.0. The highest BCUT2D eigenvalue weighted by atomic mass is 35.6. The normalized spacial score (nSPS) is 12.0. The first-order valence-electron chi connectivity index (χ1n) is 7.85. The summed E-state index contributed by atoms with van der Waals surface area (Å²) in [5.74, 6) is -0.0758. The van der Waals surface area contributed by atoms with Crippen LogP contribution in [0.1, 0.15) is 15.9 Å². The highest BCUT2D eigenvalue weighted by Gasteiger charge is 2.35. The number of hydrogen-bond donors (Lipinski definition) is 3. The number of anilines is 1. The van der Waals surface area contributed by atoms with Crippen molar-refractivity contribution in [2.45, 2.75) is 16.9 Å². The number of rotatable bonds is 5. The summed E-state index contributed by atoms with van der Waals surface area (Å²) in [4.78, 5) is 12.6. The van der Waals surface area contributed by atoms with Gasteiger partial charge in [0.25, 0.3) is 5.91 Å². The maximum Gasteiger partial charge on any atom is 0.256 e. The fourth-order valence-electron chi connectivity index (χ4n) is 2.26. The number of nitrogens with one attached hydrogen (secondary N) is 3. The molecular weight excluding hydrogens is 429 g/mol. The summed E-state index contributed by atoms with van der Waals surface area (Å²) in [6.07, 6.45) is -1.08. The highest BCUT2D eigenvalue weighted by Crippen LogP contribution is 2.30. The smallest absolute Gasteiger partial charge is 0.256 e. The summed E-state index contributed by atoms with van der Waals surface area (Å²) >= 11 is 23.3. The van der Waals surface area contributed by atoms with E-state index in [1.165, 1.54) is 7.11 Å². The van der Waals surface area contributed by atoms with E-state index in [2.05, 4.69) is 16.0 Å². The van der Waals surface area contributed by atoms with Gasteiger partial charge < -0.3 is 20.7 Å². The van der Waals surface area contributed by atoms with Crippen LogP contribution in [0.15, 0.2) is 48.5 Å². The van der Waals surface area contributed by atoms with Crippen molar-refractivity contribution >= 4 is 63.7 Å². The minimum atomic E-state index is -1.85. The van der Waals surface area contributed by atoms with Crippen LogP contribution in [0.5, 0.6) is 5.75 Å². The molecule has 2 aromatic rings. The third-order valence-corrected chi connectivity index (χ3v) is 4.38. The summed E-state index contributed by atoms with van der Waals surface area (Å²) in [5.41, 5.74) is 2.13. The van der Waals surface area contributed by atoms with Crippen molar-refractivity contribution in [1.29, 1.82) is 0 Å². The van der Waals surface area contributed by atoms with Gasteiger partial charge in [-0.05, 0) is 49.0 Å². The lowest BCUT2D eigenvalue weighted by Gasteiger charge is -2.28. The van der Waals surface area contributed by atoms with E-state index in [0.29, 0.717) is 11.3 Å². The molecule has 3 N–H and O–H groups in total. The second-order valence-corrected chi connectivity index (χ2v) is 8.39. The molecule has 1 atom stereocenters. The molecule has 0 radical (unpaired) electrons. The lowest BCUT2D eigenvalue weighted by atomic mass is 10.2. The molecule has 0 saturated carbocycles. The number of carbonyl (C=O) groups excluding carboxylic acids is 1. The number of ether oxygens (including phenoxy) is 1. The van der Waals surface area contributed by atoms with E-state index in [9.17, 15) is 4.79 Å². The third-order valence-electron chi connectivity index (χ3n) is 3.51. The lowest BCUT2D eigenvalue weighted by molar-refractivity contribution is 0.0931. The van der Waals surface area contributed by atoms with Gasteiger partial charge in [0.15, 0.2) is 5.11 Å². The average molecular weight is 447 g/mol. The van der Waals surface area contributed by atoms with Crippen LogP contribution in [0, 0.1) is 6.92 Å². The molecule has 2 rings (SSSR count). The molecule has 0 aliphatic carbocycles. The largest absolute Gasteiger partial charge is 0.496 e. The van der Waals surface area contributed by atoms with Crippen molar-refractivity contribution in [1.82, 2.24) is 10.6 Å². The Kier molecular flexibility index (Phi) is 7.56. The predicted molar refractivity (Wildman–Crippen MR) is 115 cm³/mol. The van der Waals surface area contributed by atoms with Crippen molar-refractivity contribution in [3.05, 3.63) is 59.7 Å². The molecule has 1 amide bonds. The Balaban J connectivity index is 2.11. The zero-order valence-electron chi connectivity index (χ0n) is 14.6. The van der Waals surface area contributed by atoms with E-state index in [1.807, 2.05) is 31.2 Å². The van der Waals surface area contributed by atoms with Crippen molar-refractivity contribution in [3.63, 3.8) is 0 Å². The van der Waals surface area contributed by atoms with Crippen molar-refractivity contribution in [2.75, 3.05) is 12.4 Å². The van der Waals surface area contributed by atoms with E-state index in [4.69, 9.17) is 51.8 Å². The van der Waals surface area contributed by atoms with Gasteiger partial charge in [0.1, 0.15) is 11.9 Å². The number of alkyl halides is 3. The Morgan fingerprint density at radius 2 is 1.81 bits per heavy atom. The molecule has 27 heavy (non-hydrogen) atoms. The predicted octanol–water partition coefficient (Wildman–Crippen LogP) is 4.42. The molecule has 0 saturated heterocycles. The fourth-order valence-corrected chi connectivity index (χ4v) is 2.82. The topological polar surface area (TPSA) is 62.4 Å². The molecule has 2 aromatic carbocycles. The van der Waals surface area contributed by atoms with Crippen molar-refractivity contribution in [2.24, 2.45) is 0 Å². The van der Waals surface area contributed by atoms with Gasteiger partial charge in [-0.1, -0.05) is 59.1 Å². The Morgan fingerprint density at radius 1 is 1.11 bits per heavy atom. The number of hydrogen-bond acceptors (Lipinski definition) is 3. The molecular formula is C18H18Cl3N3O2S. The van der Waals surface area contributed by atoms with Gasteiger partial charge in [-0.15, -0.1) is 0 Å². The van der Waals surface area contributed by atoms with E-state index in [1.54, 1.807) is 24.3 Å². The summed E-state index contributed by atoms with van der Waals surface area (Å²) in [6.45, 7) is 1.96. The van der Waals surface area contributed by atoms with Crippen LogP contribution in [-0.2, 0) is 0 Å². The molecule has 0 aliphatic rings. The molecule has 0 aromatic heterocycles. The summed E-state index contributed by atoms with van der Waals surface area (Å²) in [7, 11) is 1.47. The first-order valence-corrected chi connectivity index (χ1v) is 9.39. The Hall–Kier alpha value is -1.73. The van der Waals surface area contributed by atoms with Gasteiger partial charge in [0.2, 0.25) is 3.79 Å². The van der Waals surface area contributed by atoms with Gasteiger partial charge in [0, 0.05) is 5.69 Å². The molecule has 0 heterocycles. The molecule has 0 aliphatic heterocycles. The number of aryl methyl sites for hydroxylation is 1. The van der Waals surface area contributed by atoms with Gasteiger partial charge in [-0.3, -0.25) is 4.79 Å². The molecule has 5 nitrogen and oxygen atoms in total. The Morgan fingerprint density at radius 3 is 2.44 bits per heavy atom. The number of halogens is 3. The minimum Gasteiger partial charge on any atom is -0.496 e. The number of thiocarbonyl (C=S) groups is 1. The van der Waals surface area contributed by atoms with Gasteiger partial charge >= 0.3 is 0 Å².